The first-order valence-corrected chi connectivity index (χ1v) is 7.31. The van der Waals surface area contributed by atoms with E-state index in [0.29, 0.717) is 5.92 Å². The van der Waals surface area contributed by atoms with Gasteiger partial charge in [0.15, 0.2) is 0 Å². The molecule has 1 nitrogen and oxygen atoms in total. The Bertz CT molecular complexity index is 458. The van der Waals surface area contributed by atoms with Crippen molar-refractivity contribution >= 4 is 11.6 Å². The highest BCUT2D eigenvalue weighted by Crippen LogP contribution is 2.48. The van der Waals surface area contributed by atoms with Crippen LogP contribution in [-0.2, 0) is 5.41 Å². The Labute approximate surface area is 120 Å². The molecule has 1 saturated carbocycles. The summed E-state index contributed by atoms with van der Waals surface area (Å²) in [6.45, 7) is 9.43. The third kappa shape index (κ3) is 3.11. The van der Waals surface area contributed by atoms with E-state index in [4.69, 9.17) is 11.6 Å². The first kappa shape index (κ1) is 14.8. The van der Waals surface area contributed by atoms with Gasteiger partial charge < -0.3 is 5.32 Å². The Balaban J connectivity index is 2.27. The van der Waals surface area contributed by atoms with Crippen LogP contribution in [0.25, 0.3) is 0 Å². The normalized spacial score (nSPS) is 27.2. The van der Waals surface area contributed by atoms with E-state index in [2.05, 4.69) is 33.0 Å². The number of benzene rings is 1. The molecule has 2 rings (SSSR count). The molecule has 1 aliphatic carbocycles. The summed E-state index contributed by atoms with van der Waals surface area (Å²) in [5, 5.41) is 3.75. The molecule has 1 fully saturated rings. The molecule has 0 bridgehead atoms. The Morgan fingerprint density at radius 3 is 2.53 bits per heavy atom. The van der Waals surface area contributed by atoms with E-state index in [0.717, 1.165) is 24.9 Å². The second kappa shape index (κ2) is 5.06. The summed E-state index contributed by atoms with van der Waals surface area (Å²) in [5.74, 6) is 0.409. The molecular formula is C16H23ClFN. The first-order valence-electron chi connectivity index (χ1n) is 6.93. The minimum Gasteiger partial charge on any atom is -0.311 e. The molecule has 1 N–H and O–H groups in total. The molecule has 106 valence electrons. The first-order chi connectivity index (χ1) is 8.73. The molecule has 0 unspecified atom stereocenters. The second-order valence-electron chi connectivity index (χ2n) is 7.00. The number of hydrogen-bond acceptors (Lipinski definition) is 1. The van der Waals surface area contributed by atoms with Crippen LogP contribution >= 0.6 is 11.6 Å². The molecular weight excluding hydrogens is 261 g/mol. The lowest BCUT2D eigenvalue weighted by atomic mass is 9.59. The molecule has 19 heavy (non-hydrogen) atoms. The summed E-state index contributed by atoms with van der Waals surface area (Å²) in [5.41, 5.74) is 0.720. The maximum atomic E-state index is 14.3. The maximum absolute atomic E-state index is 14.3. The lowest BCUT2D eigenvalue weighted by Crippen LogP contribution is -2.52. The minimum absolute atomic E-state index is 0.0425. The third-order valence-electron chi connectivity index (χ3n) is 3.96. The summed E-state index contributed by atoms with van der Waals surface area (Å²) in [7, 11) is 0. The standard InChI is InChI=1S/C16H23ClFN/c1-11-8-16(9-11,10-19-15(2,3)4)12-6-5-7-13(17)14(12)18/h5-7,11,19H,8-10H2,1-4H3. The van der Waals surface area contributed by atoms with E-state index >= 15 is 0 Å². The van der Waals surface area contributed by atoms with E-state index in [1.54, 1.807) is 6.07 Å². The quantitative estimate of drug-likeness (QED) is 0.859. The van der Waals surface area contributed by atoms with Gasteiger partial charge in [-0.1, -0.05) is 30.7 Å². The van der Waals surface area contributed by atoms with Crippen LogP contribution in [0.15, 0.2) is 18.2 Å². The maximum Gasteiger partial charge on any atom is 0.145 e. The molecule has 0 radical (unpaired) electrons. The molecule has 0 saturated heterocycles. The largest absolute Gasteiger partial charge is 0.311 e. The molecule has 3 heteroatoms. The fourth-order valence-electron chi connectivity index (χ4n) is 3.08. The molecule has 0 spiro atoms. The molecule has 1 aromatic rings. The van der Waals surface area contributed by atoms with E-state index in [1.165, 1.54) is 0 Å². The van der Waals surface area contributed by atoms with E-state index in [-0.39, 0.29) is 21.8 Å². The fourth-order valence-corrected chi connectivity index (χ4v) is 3.26. The van der Waals surface area contributed by atoms with Gasteiger partial charge >= 0.3 is 0 Å². The van der Waals surface area contributed by atoms with Crippen molar-refractivity contribution in [2.45, 2.75) is 51.5 Å². The van der Waals surface area contributed by atoms with Gasteiger partial charge in [-0.15, -0.1) is 0 Å². The summed E-state index contributed by atoms with van der Waals surface area (Å²) < 4.78 is 14.3. The molecule has 1 aliphatic rings. The Morgan fingerprint density at radius 2 is 2.00 bits per heavy atom. The average molecular weight is 284 g/mol. The third-order valence-corrected chi connectivity index (χ3v) is 4.25. The second-order valence-corrected chi connectivity index (χ2v) is 7.41. The molecule has 0 atom stereocenters. The van der Waals surface area contributed by atoms with Crippen molar-refractivity contribution in [2.75, 3.05) is 6.54 Å². The number of rotatable bonds is 3. The molecule has 0 aromatic heterocycles. The van der Waals surface area contributed by atoms with Crippen LogP contribution in [0.1, 0.15) is 46.1 Å². The topological polar surface area (TPSA) is 12.0 Å². The van der Waals surface area contributed by atoms with Crippen LogP contribution in [0.2, 0.25) is 5.02 Å². The lowest BCUT2D eigenvalue weighted by Gasteiger charge is -2.48. The van der Waals surface area contributed by atoms with Gasteiger partial charge in [0.1, 0.15) is 5.82 Å². The van der Waals surface area contributed by atoms with Crippen molar-refractivity contribution in [3.8, 4) is 0 Å². The fraction of sp³-hybridized carbons (Fsp3) is 0.625. The molecule has 0 aliphatic heterocycles. The summed E-state index contributed by atoms with van der Waals surface area (Å²) in [6.07, 6.45) is 2.04. The van der Waals surface area contributed by atoms with Gasteiger partial charge in [0, 0.05) is 17.5 Å². The van der Waals surface area contributed by atoms with E-state index in [1.807, 2.05) is 12.1 Å². The van der Waals surface area contributed by atoms with Gasteiger partial charge in [-0.25, -0.2) is 4.39 Å². The van der Waals surface area contributed by atoms with Gasteiger partial charge in [0.05, 0.1) is 5.02 Å². The van der Waals surface area contributed by atoms with Crippen LogP contribution in [0.5, 0.6) is 0 Å². The Hall–Kier alpha value is -0.600. The van der Waals surface area contributed by atoms with Crippen LogP contribution < -0.4 is 5.32 Å². The zero-order valence-corrected chi connectivity index (χ0v) is 12.9. The summed E-state index contributed by atoms with van der Waals surface area (Å²) >= 11 is 5.93. The van der Waals surface area contributed by atoms with Gasteiger partial charge in [-0.2, -0.15) is 0 Å². The highest BCUT2D eigenvalue weighted by Gasteiger charge is 2.45. The van der Waals surface area contributed by atoms with Crippen molar-refractivity contribution in [2.24, 2.45) is 5.92 Å². The molecule has 0 heterocycles. The van der Waals surface area contributed by atoms with Crippen molar-refractivity contribution in [3.63, 3.8) is 0 Å². The van der Waals surface area contributed by atoms with Gasteiger partial charge in [-0.05, 0) is 51.2 Å². The smallest absolute Gasteiger partial charge is 0.145 e. The predicted octanol–water partition coefficient (Wildman–Crippen LogP) is 4.53. The summed E-state index contributed by atoms with van der Waals surface area (Å²) in [4.78, 5) is 0. The van der Waals surface area contributed by atoms with Crippen molar-refractivity contribution in [1.29, 1.82) is 0 Å². The predicted molar refractivity (Wildman–Crippen MR) is 79.2 cm³/mol. The highest BCUT2D eigenvalue weighted by molar-refractivity contribution is 6.30. The van der Waals surface area contributed by atoms with Crippen molar-refractivity contribution < 1.29 is 4.39 Å². The molecule has 0 amide bonds. The SMILES string of the molecule is CC1CC(CNC(C)(C)C)(c2cccc(Cl)c2F)C1. The number of halogens is 2. The Morgan fingerprint density at radius 1 is 1.37 bits per heavy atom. The lowest BCUT2D eigenvalue weighted by molar-refractivity contribution is 0.137. The van der Waals surface area contributed by atoms with Gasteiger partial charge in [-0.3, -0.25) is 0 Å². The number of nitrogens with one attached hydrogen (secondary N) is 1. The minimum atomic E-state index is -0.244. The zero-order valence-electron chi connectivity index (χ0n) is 12.2. The monoisotopic (exact) mass is 283 g/mol. The van der Waals surface area contributed by atoms with Crippen LogP contribution in [-0.4, -0.2) is 12.1 Å². The van der Waals surface area contributed by atoms with Crippen LogP contribution in [0.3, 0.4) is 0 Å². The number of hydrogen-bond donors (Lipinski definition) is 1. The van der Waals surface area contributed by atoms with Gasteiger partial charge in [0.25, 0.3) is 0 Å². The molecule has 1 aromatic carbocycles. The van der Waals surface area contributed by atoms with Crippen LogP contribution in [0, 0.1) is 11.7 Å². The van der Waals surface area contributed by atoms with Crippen molar-refractivity contribution in [3.05, 3.63) is 34.6 Å². The van der Waals surface area contributed by atoms with Crippen LogP contribution in [0.4, 0.5) is 4.39 Å². The van der Waals surface area contributed by atoms with Gasteiger partial charge in [0.2, 0.25) is 0 Å². The summed E-state index contributed by atoms with van der Waals surface area (Å²) in [6, 6.07) is 5.35. The van der Waals surface area contributed by atoms with Crippen molar-refractivity contribution in [1.82, 2.24) is 5.32 Å². The Kier molecular flexibility index (Phi) is 3.95. The zero-order chi connectivity index (χ0) is 14.3. The highest BCUT2D eigenvalue weighted by atomic mass is 35.5. The van der Waals surface area contributed by atoms with E-state index in [9.17, 15) is 4.39 Å². The average Bonchev–Trinajstić information content (AvgIpc) is 2.26. The van der Waals surface area contributed by atoms with E-state index < -0.39 is 0 Å².